The molecule has 0 heterocycles. The first-order valence-corrected chi connectivity index (χ1v) is 4.73. The van der Waals surface area contributed by atoms with Crippen molar-refractivity contribution < 1.29 is 13.5 Å². The number of halogens is 2. The first-order valence-electron chi connectivity index (χ1n) is 4.73. The number of alkyl halides is 2. The third-order valence-electron chi connectivity index (χ3n) is 2.22. The fraction of sp³-hybridized carbons (Fsp3) is 0.455. The predicted molar refractivity (Wildman–Crippen MR) is 49.3 cm³/mol. The molecule has 1 nitrogen and oxygen atoms in total. The molecule has 0 amide bonds. The largest absolute Gasteiger partial charge is 0.372 e. The van der Waals surface area contributed by atoms with E-state index in [1.54, 1.807) is 18.2 Å². The van der Waals surface area contributed by atoms with E-state index in [1.165, 1.54) is 12.1 Å². The molecule has 0 atom stereocenters. The number of hydrogen-bond donors (Lipinski definition) is 0. The zero-order valence-corrected chi connectivity index (χ0v) is 7.75. The highest BCUT2D eigenvalue weighted by Gasteiger charge is 2.34. The number of ether oxygens (including phenoxy) is 1. The third kappa shape index (κ3) is 2.29. The molecule has 0 spiro atoms. The zero-order chi connectivity index (χ0) is 10.0. The molecule has 0 bridgehead atoms. The van der Waals surface area contributed by atoms with Crippen LogP contribution in [0.4, 0.5) is 8.78 Å². The van der Waals surface area contributed by atoms with Crippen LogP contribution in [0.1, 0.15) is 18.4 Å². The zero-order valence-electron chi connectivity index (χ0n) is 7.75. The van der Waals surface area contributed by atoms with E-state index in [4.69, 9.17) is 4.74 Å². The van der Waals surface area contributed by atoms with Gasteiger partial charge >= 0.3 is 0 Å². The Bertz CT molecular complexity index is 293. The summed E-state index contributed by atoms with van der Waals surface area (Å²) in [5.41, 5.74) is 0.0284. The van der Waals surface area contributed by atoms with Crippen LogP contribution >= 0.6 is 0 Å². The van der Waals surface area contributed by atoms with Gasteiger partial charge in [-0.3, -0.25) is 0 Å². The normalized spacial score (nSPS) is 17.0. The maximum Gasteiger partial charge on any atom is 0.296 e. The van der Waals surface area contributed by atoms with E-state index in [9.17, 15) is 8.78 Å². The molecule has 1 fully saturated rings. The summed E-state index contributed by atoms with van der Waals surface area (Å²) in [4.78, 5) is 0. The van der Waals surface area contributed by atoms with E-state index in [0.29, 0.717) is 0 Å². The molecule has 1 saturated carbocycles. The van der Waals surface area contributed by atoms with E-state index in [2.05, 4.69) is 0 Å². The molecule has 76 valence electrons. The summed E-state index contributed by atoms with van der Waals surface area (Å²) < 4.78 is 31.9. The van der Waals surface area contributed by atoms with Crippen molar-refractivity contribution in [1.29, 1.82) is 0 Å². The van der Waals surface area contributed by atoms with Gasteiger partial charge in [-0.1, -0.05) is 30.3 Å². The highest BCUT2D eigenvalue weighted by Crippen LogP contribution is 2.31. The van der Waals surface area contributed by atoms with Gasteiger partial charge in [0.15, 0.2) is 0 Å². The fourth-order valence-corrected chi connectivity index (χ4v) is 1.22. The van der Waals surface area contributed by atoms with Crippen molar-refractivity contribution in [3.8, 4) is 0 Å². The van der Waals surface area contributed by atoms with Gasteiger partial charge in [-0.2, -0.15) is 8.78 Å². The summed E-state index contributed by atoms with van der Waals surface area (Å²) in [7, 11) is 0. The number of hydrogen-bond acceptors (Lipinski definition) is 1. The van der Waals surface area contributed by atoms with Crippen molar-refractivity contribution in [2.24, 2.45) is 0 Å². The highest BCUT2D eigenvalue weighted by molar-refractivity contribution is 5.19. The smallest absolute Gasteiger partial charge is 0.296 e. The van der Waals surface area contributed by atoms with Crippen molar-refractivity contribution >= 4 is 0 Å². The van der Waals surface area contributed by atoms with Crippen molar-refractivity contribution in [2.75, 3.05) is 6.61 Å². The van der Waals surface area contributed by atoms with E-state index in [-0.39, 0.29) is 11.7 Å². The maximum atomic E-state index is 13.4. The van der Waals surface area contributed by atoms with Gasteiger partial charge in [0.05, 0.1) is 6.10 Å². The van der Waals surface area contributed by atoms with Crippen molar-refractivity contribution in [3.05, 3.63) is 35.9 Å². The number of benzene rings is 1. The lowest BCUT2D eigenvalue weighted by atomic mass is 10.1. The van der Waals surface area contributed by atoms with Gasteiger partial charge in [-0.15, -0.1) is 0 Å². The summed E-state index contributed by atoms with van der Waals surface area (Å²) in [6, 6.07) is 7.80. The molecule has 3 heteroatoms. The Labute approximate surface area is 81.7 Å². The minimum absolute atomic E-state index is 0.0284. The molecule has 1 aliphatic rings. The molecule has 1 aliphatic carbocycles. The third-order valence-corrected chi connectivity index (χ3v) is 2.22. The Morgan fingerprint density at radius 1 is 1.21 bits per heavy atom. The van der Waals surface area contributed by atoms with Crippen LogP contribution in [0.2, 0.25) is 0 Å². The van der Waals surface area contributed by atoms with E-state index in [1.807, 2.05) is 0 Å². The van der Waals surface area contributed by atoms with Crippen LogP contribution in [0.3, 0.4) is 0 Å². The molecule has 0 aliphatic heterocycles. The lowest BCUT2D eigenvalue weighted by molar-refractivity contribution is -0.0873. The van der Waals surface area contributed by atoms with Crippen molar-refractivity contribution in [3.63, 3.8) is 0 Å². The molecule has 1 aromatic carbocycles. The van der Waals surface area contributed by atoms with Gasteiger partial charge < -0.3 is 4.74 Å². The Balaban J connectivity index is 1.99. The quantitative estimate of drug-likeness (QED) is 0.722. The molecule has 0 saturated heterocycles. The van der Waals surface area contributed by atoms with Gasteiger partial charge in [-0.25, -0.2) is 0 Å². The molecular formula is C11H12F2O. The number of rotatable bonds is 4. The van der Waals surface area contributed by atoms with Crippen LogP contribution in [0.5, 0.6) is 0 Å². The Kier molecular flexibility index (Phi) is 2.50. The van der Waals surface area contributed by atoms with Crippen molar-refractivity contribution in [2.45, 2.75) is 24.9 Å². The second-order valence-electron chi connectivity index (χ2n) is 3.58. The fourth-order valence-electron chi connectivity index (χ4n) is 1.22. The summed E-state index contributed by atoms with van der Waals surface area (Å²) in [6.45, 7) is -0.498. The average Bonchev–Trinajstić information content (AvgIpc) is 3.00. The average molecular weight is 198 g/mol. The molecular weight excluding hydrogens is 186 g/mol. The first-order chi connectivity index (χ1) is 6.68. The molecule has 0 radical (unpaired) electrons. The predicted octanol–water partition coefficient (Wildman–Crippen LogP) is 2.96. The van der Waals surface area contributed by atoms with Crippen LogP contribution in [0.15, 0.2) is 30.3 Å². The summed E-state index contributed by atoms with van der Waals surface area (Å²) in [6.07, 6.45) is 1.92. The molecule has 14 heavy (non-hydrogen) atoms. The Morgan fingerprint density at radius 3 is 2.43 bits per heavy atom. The minimum atomic E-state index is -2.86. The van der Waals surface area contributed by atoms with Gasteiger partial charge in [0.2, 0.25) is 0 Å². The lowest BCUT2D eigenvalue weighted by Crippen LogP contribution is -2.21. The standard InChI is InChI=1S/C11H12F2O/c12-11(13,8-14-10-6-7-10)9-4-2-1-3-5-9/h1-5,10H,6-8H2. The minimum Gasteiger partial charge on any atom is -0.372 e. The highest BCUT2D eigenvalue weighted by atomic mass is 19.3. The van der Waals surface area contributed by atoms with E-state index >= 15 is 0 Å². The topological polar surface area (TPSA) is 9.23 Å². The second-order valence-corrected chi connectivity index (χ2v) is 3.58. The molecule has 0 unspecified atom stereocenters. The van der Waals surface area contributed by atoms with Crippen LogP contribution in [-0.2, 0) is 10.7 Å². The van der Waals surface area contributed by atoms with Gasteiger partial charge in [0.1, 0.15) is 6.61 Å². The first kappa shape index (κ1) is 9.59. The summed E-state index contributed by atoms with van der Waals surface area (Å²) >= 11 is 0. The maximum absolute atomic E-state index is 13.4. The van der Waals surface area contributed by atoms with Gasteiger partial charge in [0.25, 0.3) is 5.92 Å². The SMILES string of the molecule is FC(F)(COC1CC1)c1ccccc1. The van der Waals surface area contributed by atoms with Gasteiger partial charge in [-0.05, 0) is 12.8 Å². The van der Waals surface area contributed by atoms with E-state index in [0.717, 1.165) is 12.8 Å². The van der Waals surface area contributed by atoms with E-state index < -0.39 is 12.5 Å². The second kappa shape index (κ2) is 3.65. The van der Waals surface area contributed by atoms with Gasteiger partial charge in [0, 0.05) is 5.56 Å². The summed E-state index contributed by atoms with van der Waals surface area (Å²) in [5.74, 6) is -2.86. The Hall–Kier alpha value is -0.960. The van der Waals surface area contributed by atoms with Crippen LogP contribution in [-0.4, -0.2) is 12.7 Å². The molecule has 0 aromatic heterocycles. The van der Waals surface area contributed by atoms with Crippen LogP contribution in [0, 0.1) is 0 Å². The Morgan fingerprint density at radius 2 is 1.86 bits per heavy atom. The molecule has 0 N–H and O–H groups in total. The molecule has 2 rings (SSSR count). The summed E-state index contributed by atoms with van der Waals surface area (Å²) in [5, 5.41) is 0. The monoisotopic (exact) mass is 198 g/mol. The molecule has 1 aromatic rings. The van der Waals surface area contributed by atoms with Crippen molar-refractivity contribution in [1.82, 2.24) is 0 Å². The van der Waals surface area contributed by atoms with Crippen LogP contribution in [0.25, 0.3) is 0 Å². The lowest BCUT2D eigenvalue weighted by Gasteiger charge is -2.16. The van der Waals surface area contributed by atoms with Crippen LogP contribution < -0.4 is 0 Å².